The number of anilines is 1. The fourth-order valence-electron chi connectivity index (χ4n) is 1.48. The molecule has 98 valence electrons. The first-order valence-corrected chi connectivity index (χ1v) is 5.26. The summed E-state index contributed by atoms with van der Waals surface area (Å²) in [5.41, 5.74) is 0.335. The normalized spacial score (nSPS) is 10.1. The van der Waals surface area contributed by atoms with E-state index in [1.807, 2.05) is 0 Å². The molecule has 1 heterocycles. The van der Waals surface area contributed by atoms with Crippen molar-refractivity contribution in [3.63, 3.8) is 0 Å². The fourth-order valence-corrected chi connectivity index (χ4v) is 1.48. The van der Waals surface area contributed by atoms with Crippen LogP contribution in [0.2, 0.25) is 0 Å². The highest BCUT2D eigenvalue weighted by Gasteiger charge is 2.22. The van der Waals surface area contributed by atoms with Crippen LogP contribution >= 0.6 is 0 Å². The number of H-pyrrole nitrogens is 1. The van der Waals surface area contributed by atoms with Crippen LogP contribution in [0.4, 0.5) is 5.69 Å². The molecule has 0 radical (unpaired) electrons. The average Bonchev–Trinajstić information content (AvgIpc) is 2.90. The van der Waals surface area contributed by atoms with Gasteiger partial charge in [0, 0.05) is 5.69 Å². The zero-order valence-corrected chi connectivity index (χ0v) is 9.65. The Morgan fingerprint density at radius 2 is 1.95 bits per heavy atom. The maximum absolute atomic E-state index is 12.1. The van der Waals surface area contributed by atoms with Crippen LogP contribution in [0, 0.1) is 0 Å². The number of nitrogens with one attached hydrogen (secondary N) is 1. The average molecular weight is 262 g/mol. The number of carbonyl (C=O) groups is 2. The Kier molecular flexibility index (Phi) is 3.42. The van der Waals surface area contributed by atoms with Gasteiger partial charge in [0.05, 0.1) is 0 Å². The minimum atomic E-state index is -1.17. The lowest BCUT2D eigenvalue weighted by Crippen LogP contribution is -2.36. The van der Waals surface area contributed by atoms with Crippen molar-refractivity contribution < 1.29 is 19.8 Å². The number of benzene rings is 1. The lowest BCUT2D eigenvalue weighted by atomic mass is 10.2. The van der Waals surface area contributed by atoms with Crippen LogP contribution in [0.15, 0.2) is 30.6 Å². The molecule has 1 aromatic carbocycles. The summed E-state index contributed by atoms with van der Waals surface area (Å²) >= 11 is 0. The molecule has 0 aliphatic rings. The second-order valence-corrected chi connectivity index (χ2v) is 3.64. The molecule has 2 rings (SSSR count). The molecule has 0 fully saturated rings. The fraction of sp³-hybridized carbons (Fsp3) is 0.0909. The molecule has 0 spiro atoms. The predicted molar refractivity (Wildman–Crippen MR) is 63.8 cm³/mol. The van der Waals surface area contributed by atoms with Crippen molar-refractivity contribution in [3.05, 3.63) is 36.4 Å². The molecule has 0 bridgehead atoms. The highest BCUT2D eigenvalue weighted by Crippen LogP contribution is 2.19. The SMILES string of the molecule is O=C(O)CN(C(=O)c1ncn[nH]1)c1ccc(O)cc1. The molecule has 19 heavy (non-hydrogen) atoms. The smallest absolute Gasteiger partial charge is 0.323 e. The number of carbonyl (C=O) groups excluding carboxylic acids is 1. The standard InChI is InChI=1S/C11H10N4O4/c16-8-3-1-7(2-4-8)15(5-9(17)18)11(19)10-12-6-13-14-10/h1-4,6,16H,5H2,(H,17,18)(H,12,13,14). The van der Waals surface area contributed by atoms with Crippen LogP contribution in [0.3, 0.4) is 0 Å². The van der Waals surface area contributed by atoms with E-state index >= 15 is 0 Å². The molecule has 2 aromatic rings. The van der Waals surface area contributed by atoms with Crippen LogP contribution in [0.1, 0.15) is 10.6 Å². The van der Waals surface area contributed by atoms with Gasteiger partial charge >= 0.3 is 5.97 Å². The maximum atomic E-state index is 12.1. The van der Waals surface area contributed by atoms with Crippen LogP contribution in [-0.2, 0) is 4.79 Å². The van der Waals surface area contributed by atoms with E-state index in [0.717, 1.165) is 11.2 Å². The van der Waals surface area contributed by atoms with Gasteiger partial charge in [0.25, 0.3) is 5.91 Å². The predicted octanol–water partition coefficient (Wildman–Crippen LogP) is 0.242. The largest absolute Gasteiger partial charge is 0.508 e. The zero-order valence-electron chi connectivity index (χ0n) is 9.65. The van der Waals surface area contributed by atoms with Crippen LogP contribution in [-0.4, -0.2) is 43.8 Å². The maximum Gasteiger partial charge on any atom is 0.323 e. The molecule has 0 aliphatic heterocycles. The number of phenolic OH excluding ortho intramolecular Hbond substituents is 1. The first-order chi connectivity index (χ1) is 9.08. The molecule has 1 aromatic heterocycles. The van der Waals surface area contributed by atoms with Gasteiger partial charge in [0.15, 0.2) is 0 Å². The lowest BCUT2D eigenvalue weighted by molar-refractivity contribution is -0.135. The number of aromatic amines is 1. The second-order valence-electron chi connectivity index (χ2n) is 3.64. The number of phenols is 1. The van der Waals surface area contributed by atoms with Gasteiger partial charge in [0.2, 0.25) is 5.82 Å². The number of amides is 1. The Morgan fingerprint density at radius 3 is 2.47 bits per heavy atom. The van der Waals surface area contributed by atoms with E-state index in [9.17, 15) is 14.7 Å². The topological polar surface area (TPSA) is 119 Å². The van der Waals surface area contributed by atoms with Gasteiger partial charge in [-0.1, -0.05) is 0 Å². The Balaban J connectivity index is 2.33. The summed E-state index contributed by atoms with van der Waals surface area (Å²) in [7, 11) is 0. The molecule has 0 saturated heterocycles. The van der Waals surface area contributed by atoms with E-state index in [1.54, 1.807) is 0 Å². The van der Waals surface area contributed by atoms with Crippen LogP contribution in [0.5, 0.6) is 5.75 Å². The van der Waals surface area contributed by atoms with Gasteiger partial charge in [0.1, 0.15) is 18.6 Å². The number of carboxylic acid groups (broad SMARTS) is 1. The number of nitrogens with zero attached hydrogens (tertiary/aromatic N) is 3. The second kappa shape index (κ2) is 5.17. The van der Waals surface area contributed by atoms with Gasteiger partial charge in [-0.25, -0.2) is 4.98 Å². The third-order valence-electron chi connectivity index (χ3n) is 2.32. The summed E-state index contributed by atoms with van der Waals surface area (Å²) in [6, 6.07) is 5.59. The van der Waals surface area contributed by atoms with Gasteiger partial charge in [-0.05, 0) is 24.3 Å². The van der Waals surface area contributed by atoms with Crippen molar-refractivity contribution >= 4 is 17.6 Å². The summed E-state index contributed by atoms with van der Waals surface area (Å²) in [4.78, 5) is 27.6. The molecular formula is C11H10N4O4. The molecule has 1 amide bonds. The summed E-state index contributed by atoms with van der Waals surface area (Å²) < 4.78 is 0. The number of hydrogen-bond donors (Lipinski definition) is 3. The Bertz CT molecular complexity index is 579. The van der Waals surface area contributed by atoms with E-state index in [4.69, 9.17) is 5.11 Å². The van der Waals surface area contributed by atoms with Crippen molar-refractivity contribution in [1.29, 1.82) is 0 Å². The number of rotatable bonds is 4. The van der Waals surface area contributed by atoms with Crippen molar-refractivity contribution in [1.82, 2.24) is 15.2 Å². The molecule has 8 nitrogen and oxygen atoms in total. The van der Waals surface area contributed by atoms with E-state index < -0.39 is 18.4 Å². The van der Waals surface area contributed by atoms with E-state index in [1.165, 1.54) is 24.3 Å². The number of aliphatic carboxylic acids is 1. The van der Waals surface area contributed by atoms with Crippen molar-refractivity contribution in [2.75, 3.05) is 11.4 Å². The van der Waals surface area contributed by atoms with E-state index in [-0.39, 0.29) is 11.6 Å². The highest BCUT2D eigenvalue weighted by atomic mass is 16.4. The monoisotopic (exact) mass is 262 g/mol. The molecule has 3 N–H and O–H groups in total. The summed E-state index contributed by atoms with van der Waals surface area (Å²) in [6.45, 7) is -0.524. The highest BCUT2D eigenvalue weighted by molar-refractivity contribution is 6.05. The van der Waals surface area contributed by atoms with Gasteiger partial charge in [-0.15, -0.1) is 0 Å². The third kappa shape index (κ3) is 2.86. The molecule has 0 saturated carbocycles. The summed E-state index contributed by atoms with van der Waals surface area (Å²) in [5.74, 6) is -1.83. The third-order valence-corrected chi connectivity index (χ3v) is 2.32. The minimum absolute atomic E-state index is 0.0196. The number of carboxylic acids is 1. The Hall–Kier alpha value is -2.90. The van der Waals surface area contributed by atoms with Gasteiger partial charge in [-0.2, -0.15) is 5.10 Å². The minimum Gasteiger partial charge on any atom is -0.508 e. The quantitative estimate of drug-likeness (QED) is 0.726. The molecule has 0 aliphatic carbocycles. The van der Waals surface area contributed by atoms with Crippen molar-refractivity contribution in [3.8, 4) is 5.75 Å². The van der Waals surface area contributed by atoms with E-state index in [2.05, 4.69) is 15.2 Å². The zero-order chi connectivity index (χ0) is 13.8. The first-order valence-electron chi connectivity index (χ1n) is 5.26. The number of aromatic hydroxyl groups is 1. The van der Waals surface area contributed by atoms with Crippen LogP contribution < -0.4 is 4.90 Å². The molecule has 0 unspecified atom stereocenters. The number of hydrogen-bond acceptors (Lipinski definition) is 5. The van der Waals surface area contributed by atoms with Gasteiger partial charge < -0.3 is 10.2 Å². The summed E-state index contributed by atoms with van der Waals surface area (Å²) in [5, 5.41) is 24.0. The molecule has 0 atom stereocenters. The lowest BCUT2D eigenvalue weighted by Gasteiger charge is -2.19. The number of aromatic nitrogens is 3. The Morgan fingerprint density at radius 1 is 1.26 bits per heavy atom. The van der Waals surface area contributed by atoms with Gasteiger partial charge in [-0.3, -0.25) is 19.6 Å². The van der Waals surface area contributed by atoms with Crippen molar-refractivity contribution in [2.24, 2.45) is 0 Å². The van der Waals surface area contributed by atoms with E-state index in [0.29, 0.717) is 5.69 Å². The Labute approximate surface area is 107 Å². The van der Waals surface area contributed by atoms with Crippen LogP contribution in [0.25, 0.3) is 0 Å². The first kappa shape index (κ1) is 12.6. The summed E-state index contributed by atoms with van der Waals surface area (Å²) in [6.07, 6.45) is 1.16. The molecular weight excluding hydrogens is 252 g/mol. The van der Waals surface area contributed by atoms with Crippen molar-refractivity contribution in [2.45, 2.75) is 0 Å². The molecule has 8 heteroatoms.